The first-order valence-electron chi connectivity index (χ1n) is 4.18. The van der Waals surface area contributed by atoms with Crippen molar-refractivity contribution in [1.82, 2.24) is 4.98 Å². The fourth-order valence-corrected chi connectivity index (χ4v) is 4.82. The number of rotatable bonds is 3. The number of thiophene rings is 1. The van der Waals surface area contributed by atoms with Crippen LogP contribution in [0.15, 0.2) is 25.2 Å². The largest absolute Gasteiger partial charge is 0.388 e. The zero-order chi connectivity index (χ0) is 10.8. The summed E-state index contributed by atoms with van der Waals surface area (Å²) < 4.78 is 1.99. The van der Waals surface area contributed by atoms with Crippen LogP contribution < -0.4 is 0 Å². The van der Waals surface area contributed by atoms with Crippen LogP contribution in [0.2, 0.25) is 0 Å². The summed E-state index contributed by atoms with van der Waals surface area (Å²) >= 11 is 9.96. The molecule has 0 spiro atoms. The first kappa shape index (κ1) is 11.7. The maximum Gasteiger partial charge on any atom is 0.0954 e. The van der Waals surface area contributed by atoms with E-state index < -0.39 is 6.10 Å². The van der Waals surface area contributed by atoms with Gasteiger partial charge in [0.05, 0.1) is 18.7 Å². The van der Waals surface area contributed by atoms with E-state index in [0.29, 0.717) is 6.42 Å². The van der Waals surface area contributed by atoms with E-state index in [-0.39, 0.29) is 0 Å². The molecule has 2 nitrogen and oxygen atoms in total. The minimum Gasteiger partial charge on any atom is -0.388 e. The highest BCUT2D eigenvalue weighted by atomic mass is 79.9. The summed E-state index contributed by atoms with van der Waals surface area (Å²) in [5, 5.41) is 12.9. The van der Waals surface area contributed by atoms with Crippen molar-refractivity contribution in [3.63, 3.8) is 0 Å². The van der Waals surface area contributed by atoms with E-state index in [4.69, 9.17) is 0 Å². The molecule has 0 aliphatic heterocycles. The summed E-state index contributed by atoms with van der Waals surface area (Å²) in [6, 6.07) is 1.94. The lowest BCUT2D eigenvalue weighted by Crippen LogP contribution is -2.00. The van der Waals surface area contributed by atoms with Gasteiger partial charge in [0, 0.05) is 23.6 Å². The lowest BCUT2D eigenvalue weighted by Gasteiger charge is -2.06. The van der Waals surface area contributed by atoms with Crippen LogP contribution in [0.1, 0.15) is 16.7 Å². The molecule has 0 fully saturated rings. The zero-order valence-corrected chi connectivity index (χ0v) is 12.3. The summed E-state index contributed by atoms with van der Waals surface area (Å²) in [4.78, 5) is 4.15. The molecule has 1 unspecified atom stereocenters. The molecule has 2 aromatic rings. The third kappa shape index (κ3) is 2.88. The van der Waals surface area contributed by atoms with Gasteiger partial charge in [0.1, 0.15) is 0 Å². The third-order valence-electron chi connectivity index (χ3n) is 1.89. The van der Waals surface area contributed by atoms with Crippen LogP contribution in [0, 0.1) is 0 Å². The standard InChI is InChI=1S/C9H7Br2NOS2/c10-7-3-5(9(11)15-7)6(13)4-8-12-1-2-14-8/h1-3,6,13H,4H2. The summed E-state index contributed by atoms with van der Waals surface area (Å²) in [5.41, 5.74) is 0.919. The van der Waals surface area contributed by atoms with Gasteiger partial charge < -0.3 is 5.11 Å². The molecule has 15 heavy (non-hydrogen) atoms. The fraction of sp³-hybridized carbons (Fsp3) is 0.222. The molecule has 80 valence electrons. The number of nitrogens with zero attached hydrogens (tertiary/aromatic N) is 1. The molecule has 0 saturated carbocycles. The third-order valence-corrected chi connectivity index (χ3v) is 5.08. The minimum atomic E-state index is -0.493. The second-order valence-corrected chi connectivity index (χ2v) is 7.65. The van der Waals surface area contributed by atoms with Gasteiger partial charge in [-0.1, -0.05) is 0 Å². The molecule has 2 aromatic heterocycles. The number of hydrogen-bond donors (Lipinski definition) is 1. The molecule has 2 rings (SSSR count). The van der Waals surface area contributed by atoms with Crippen molar-refractivity contribution in [1.29, 1.82) is 0 Å². The van der Waals surface area contributed by atoms with Gasteiger partial charge >= 0.3 is 0 Å². The first-order valence-corrected chi connectivity index (χ1v) is 7.46. The number of aromatic nitrogens is 1. The van der Waals surface area contributed by atoms with E-state index in [2.05, 4.69) is 36.8 Å². The van der Waals surface area contributed by atoms with Crippen molar-refractivity contribution in [2.75, 3.05) is 0 Å². The summed E-state index contributed by atoms with van der Waals surface area (Å²) in [7, 11) is 0. The van der Waals surface area contributed by atoms with E-state index in [1.54, 1.807) is 28.9 Å². The van der Waals surface area contributed by atoms with Gasteiger partial charge in [-0.05, 0) is 37.9 Å². The number of thiazole rings is 1. The molecule has 1 N–H and O–H groups in total. The Morgan fingerprint density at radius 2 is 2.27 bits per heavy atom. The van der Waals surface area contributed by atoms with Crippen molar-refractivity contribution < 1.29 is 5.11 Å². The molecule has 6 heteroatoms. The topological polar surface area (TPSA) is 33.1 Å². The van der Waals surface area contributed by atoms with Gasteiger partial charge in [0.2, 0.25) is 0 Å². The van der Waals surface area contributed by atoms with E-state index in [9.17, 15) is 5.11 Å². The molecule has 0 amide bonds. The maximum absolute atomic E-state index is 10.0. The van der Waals surface area contributed by atoms with E-state index in [1.807, 2.05) is 11.4 Å². The van der Waals surface area contributed by atoms with E-state index >= 15 is 0 Å². The Balaban J connectivity index is 2.14. The predicted octanol–water partition coefficient (Wildman–Crippen LogP) is 4.01. The van der Waals surface area contributed by atoms with Crippen LogP contribution in [0.5, 0.6) is 0 Å². The molecule has 2 heterocycles. The summed E-state index contributed by atoms with van der Waals surface area (Å²) in [6.07, 6.45) is 1.83. The molecular weight excluding hydrogens is 362 g/mol. The Morgan fingerprint density at radius 3 is 2.80 bits per heavy atom. The molecule has 0 aliphatic rings. The number of hydrogen-bond acceptors (Lipinski definition) is 4. The summed E-state index contributed by atoms with van der Waals surface area (Å²) in [5.74, 6) is 0. The highest BCUT2D eigenvalue weighted by Gasteiger charge is 2.15. The van der Waals surface area contributed by atoms with E-state index in [1.165, 1.54) is 0 Å². The van der Waals surface area contributed by atoms with Crippen molar-refractivity contribution in [2.45, 2.75) is 12.5 Å². The van der Waals surface area contributed by atoms with Gasteiger partial charge in [-0.3, -0.25) is 0 Å². The second-order valence-electron chi connectivity index (χ2n) is 2.93. The number of aliphatic hydroxyl groups excluding tert-OH is 1. The van der Waals surface area contributed by atoms with Crippen molar-refractivity contribution in [2.24, 2.45) is 0 Å². The van der Waals surface area contributed by atoms with Crippen LogP contribution in [-0.2, 0) is 6.42 Å². The number of aliphatic hydroxyl groups is 1. The van der Waals surface area contributed by atoms with Crippen LogP contribution in [0.25, 0.3) is 0 Å². The Labute approximate surface area is 112 Å². The SMILES string of the molecule is OC(Cc1nccs1)c1cc(Br)sc1Br. The molecule has 1 atom stereocenters. The highest BCUT2D eigenvalue weighted by Crippen LogP contribution is 2.36. The fourth-order valence-electron chi connectivity index (χ4n) is 1.21. The lowest BCUT2D eigenvalue weighted by molar-refractivity contribution is 0.178. The van der Waals surface area contributed by atoms with Crippen molar-refractivity contribution in [3.8, 4) is 0 Å². The van der Waals surface area contributed by atoms with Gasteiger partial charge in [0.15, 0.2) is 0 Å². The minimum absolute atomic E-state index is 0.493. The van der Waals surface area contributed by atoms with Gasteiger partial charge in [-0.2, -0.15) is 0 Å². The monoisotopic (exact) mass is 367 g/mol. The smallest absolute Gasteiger partial charge is 0.0954 e. The Morgan fingerprint density at radius 1 is 1.47 bits per heavy atom. The van der Waals surface area contributed by atoms with Crippen molar-refractivity contribution in [3.05, 3.63) is 35.8 Å². The molecular formula is C9H7Br2NOS2. The molecule has 0 aliphatic carbocycles. The Bertz CT molecular complexity index is 441. The van der Waals surface area contributed by atoms with Gasteiger partial charge in [0.25, 0.3) is 0 Å². The molecule has 0 bridgehead atoms. The lowest BCUT2D eigenvalue weighted by atomic mass is 10.1. The average molecular weight is 369 g/mol. The molecule has 0 radical (unpaired) electrons. The van der Waals surface area contributed by atoms with Gasteiger partial charge in [-0.25, -0.2) is 4.98 Å². The predicted molar refractivity (Wildman–Crippen MR) is 70.5 cm³/mol. The van der Waals surface area contributed by atoms with Crippen LogP contribution >= 0.6 is 54.5 Å². The van der Waals surface area contributed by atoms with E-state index in [0.717, 1.165) is 18.1 Å². The average Bonchev–Trinajstić information content (AvgIpc) is 2.75. The Hall–Kier alpha value is 0.250. The normalized spacial score (nSPS) is 13.0. The number of halogens is 2. The summed E-state index contributed by atoms with van der Waals surface area (Å²) in [6.45, 7) is 0. The zero-order valence-electron chi connectivity index (χ0n) is 7.48. The molecule has 0 aromatic carbocycles. The Kier molecular flexibility index (Phi) is 3.95. The van der Waals surface area contributed by atoms with Crippen molar-refractivity contribution >= 4 is 54.5 Å². The van der Waals surface area contributed by atoms with Crippen LogP contribution in [0.4, 0.5) is 0 Å². The maximum atomic E-state index is 10.0. The quantitative estimate of drug-likeness (QED) is 0.887. The first-order chi connectivity index (χ1) is 7.16. The second kappa shape index (κ2) is 5.05. The van der Waals surface area contributed by atoms with Gasteiger partial charge in [-0.15, -0.1) is 22.7 Å². The molecule has 0 saturated heterocycles. The van der Waals surface area contributed by atoms with Crippen LogP contribution in [-0.4, -0.2) is 10.1 Å². The van der Waals surface area contributed by atoms with Crippen LogP contribution in [0.3, 0.4) is 0 Å². The highest BCUT2D eigenvalue weighted by molar-refractivity contribution is 9.12.